The highest BCUT2D eigenvalue weighted by molar-refractivity contribution is 6.30. The average molecular weight is 267 g/mol. The molecule has 1 aliphatic heterocycles. The van der Waals surface area contributed by atoms with Crippen LogP contribution in [0.3, 0.4) is 0 Å². The van der Waals surface area contributed by atoms with Gasteiger partial charge in [-0.2, -0.15) is 0 Å². The lowest BCUT2D eigenvalue weighted by atomic mass is 9.99. The monoisotopic (exact) mass is 266 g/mol. The first kappa shape index (κ1) is 13.9. The molecule has 1 fully saturated rings. The maximum absolute atomic E-state index is 6.22. The summed E-state index contributed by atoms with van der Waals surface area (Å²) in [4.78, 5) is 2.53. The van der Waals surface area contributed by atoms with Crippen LogP contribution in [0.5, 0.6) is 0 Å². The summed E-state index contributed by atoms with van der Waals surface area (Å²) >= 11 is 6.11. The van der Waals surface area contributed by atoms with Crippen LogP contribution in [-0.4, -0.2) is 24.0 Å². The molecule has 1 aromatic carbocycles. The van der Waals surface area contributed by atoms with E-state index in [1.165, 1.54) is 31.2 Å². The summed E-state index contributed by atoms with van der Waals surface area (Å²) in [7, 11) is 0. The lowest BCUT2D eigenvalue weighted by Gasteiger charge is -2.33. The van der Waals surface area contributed by atoms with Gasteiger partial charge in [-0.1, -0.05) is 36.6 Å². The second kappa shape index (κ2) is 6.55. The summed E-state index contributed by atoms with van der Waals surface area (Å²) in [6.07, 6.45) is 5.25. The van der Waals surface area contributed by atoms with Gasteiger partial charge in [0.1, 0.15) is 0 Å². The molecule has 18 heavy (non-hydrogen) atoms. The molecule has 0 spiro atoms. The Morgan fingerprint density at radius 3 is 2.39 bits per heavy atom. The Morgan fingerprint density at radius 1 is 1.17 bits per heavy atom. The summed E-state index contributed by atoms with van der Waals surface area (Å²) in [5.41, 5.74) is 7.47. The molecule has 0 aromatic heterocycles. The van der Waals surface area contributed by atoms with Crippen molar-refractivity contribution in [1.29, 1.82) is 0 Å². The molecule has 2 unspecified atom stereocenters. The van der Waals surface area contributed by atoms with Crippen molar-refractivity contribution in [2.75, 3.05) is 13.1 Å². The van der Waals surface area contributed by atoms with Gasteiger partial charge in [-0.15, -0.1) is 0 Å². The standard InChI is InChI=1S/C15H23ClN2/c1-12(17)15(13-7-6-8-14(16)11-13)18-9-4-2-3-5-10-18/h6-8,11-12,15H,2-5,9-10,17H2,1H3. The highest BCUT2D eigenvalue weighted by atomic mass is 35.5. The molecule has 0 radical (unpaired) electrons. The van der Waals surface area contributed by atoms with Gasteiger partial charge in [0, 0.05) is 17.1 Å². The molecule has 2 rings (SSSR count). The van der Waals surface area contributed by atoms with Crippen LogP contribution in [0.2, 0.25) is 5.02 Å². The van der Waals surface area contributed by atoms with Crippen molar-refractivity contribution in [1.82, 2.24) is 4.90 Å². The Balaban J connectivity index is 2.21. The maximum Gasteiger partial charge on any atom is 0.0496 e. The van der Waals surface area contributed by atoms with E-state index in [1.54, 1.807) is 0 Å². The zero-order valence-electron chi connectivity index (χ0n) is 11.1. The largest absolute Gasteiger partial charge is 0.326 e. The van der Waals surface area contributed by atoms with Gasteiger partial charge >= 0.3 is 0 Å². The molecule has 1 aliphatic rings. The van der Waals surface area contributed by atoms with E-state index in [0.717, 1.165) is 18.1 Å². The Labute approximate surface area is 115 Å². The van der Waals surface area contributed by atoms with Crippen molar-refractivity contribution in [2.45, 2.75) is 44.7 Å². The summed E-state index contributed by atoms with van der Waals surface area (Å²) in [5.74, 6) is 0. The van der Waals surface area contributed by atoms with Crippen molar-refractivity contribution in [3.05, 3.63) is 34.9 Å². The Morgan fingerprint density at radius 2 is 1.83 bits per heavy atom. The van der Waals surface area contributed by atoms with Crippen LogP contribution in [-0.2, 0) is 0 Å². The van der Waals surface area contributed by atoms with Crippen LogP contribution < -0.4 is 5.73 Å². The molecule has 0 bridgehead atoms. The van der Waals surface area contributed by atoms with Gasteiger partial charge in [0.05, 0.1) is 0 Å². The van der Waals surface area contributed by atoms with E-state index in [-0.39, 0.29) is 6.04 Å². The Bertz CT molecular complexity index is 371. The van der Waals surface area contributed by atoms with Gasteiger partial charge in [-0.25, -0.2) is 0 Å². The fourth-order valence-corrected chi connectivity index (χ4v) is 3.11. The first-order valence-corrected chi connectivity index (χ1v) is 7.31. The van der Waals surface area contributed by atoms with E-state index in [1.807, 2.05) is 12.1 Å². The van der Waals surface area contributed by atoms with Crippen molar-refractivity contribution >= 4 is 11.6 Å². The average Bonchev–Trinajstić information content (AvgIpc) is 2.58. The molecule has 1 aromatic rings. The normalized spacial score (nSPS) is 21.3. The molecule has 0 aliphatic carbocycles. The van der Waals surface area contributed by atoms with Gasteiger partial charge in [0.2, 0.25) is 0 Å². The minimum absolute atomic E-state index is 0.126. The van der Waals surface area contributed by atoms with Gasteiger partial charge < -0.3 is 5.73 Å². The molecule has 1 saturated heterocycles. The Kier molecular flexibility index (Phi) is 5.04. The van der Waals surface area contributed by atoms with Gasteiger partial charge in [-0.3, -0.25) is 4.90 Å². The van der Waals surface area contributed by atoms with Crippen molar-refractivity contribution in [3.8, 4) is 0 Å². The van der Waals surface area contributed by atoms with Crippen molar-refractivity contribution < 1.29 is 0 Å². The zero-order valence-corrected chi connectivity index (χ0v) is 11.9. The second-order valence-corrected chi connectivity index (χ2v) is 5.75. The van der Waals surface area contributed by atoms with Gasteiger partial charge in [0.25, 0.3) is 0 Å². The van der Waals surface area contributed by atoms with Gasteiger partial charge in [0.15, 0.2) is 0 Å². The third-order valence-corrected chi connectivity index (χ3v) is 3.96. The predicted molar refractivity (Wildman–Crippen MR) is 77.9 cm³/mol. The maximum atomic E-state index is 6.22. The van der Waals surface area contributed by atoms with E-state index in [0.29, 0.717) is 6.04 Å². The molecule has 3 heteroatoms. The number of rotatable bonds is 3. The minimum Gasteiger partial charge on any atom is -0.326 e. The van der Waals surface area contributed by atoms with Crippen molar-refractivity contribution in [3.63, 3.8) is 0 Å². The van der Waals surface area contributed by atoms with E-state index >= 15 is 0 Å². The molecule has 0 amide bonds. The molecule has 2 nitrogen and oxygen atoms in total. The zero-order chi connectivity index (χ0) is 13.0. The van der Waals surface area contributed by atoms with E-state index < -0.39 is 0 Å². The molecular weight excluding hydrogens is 244 g/mol. The summed E-state index contributed by atoms with van der Waals surface area (Å²) in [6, 6.07) is 8.56. The summed E-state index contributed by atoms with van der Waals surface area (Å²) < 4.78 is 0. The molecule has 100 valence electrons. The first-order valence-electron chi connectivity index (χ1n) is 6.93. The van der Waals surface area contributed by atoms with Crippen LogP contribution in [0.15, 0.2) is 24.3 Å². The quantitative estimate of drug-likeness (QED) is 0.906. The number of hydrogen-bond acceptors (Lipinski definition) is 2. The minimum atomic E-state index is 0.126. The van der Waals surface area contributed by atoms with Crippen LogP contribution in [0, 0.1) is 0 Å². The number of nitrogens with zero attached hydrogens (tertiary/aromatic N) is 1. The highest BCUT2D eigenvalue weighted by Crippen LogP contribution is 2.28. The molecule has 2 N–H and O–H groups in total. The fraction of sp³-hybridized carbons (Fsp3) is 0.600. The lowest BCUT2D eigenvalue weighted by Crippen LogP contribution is -2.40. The lowest BCUT2D eigenvalue weighted by molar-refractivity contribution is 0.183. The van der Waals surface area contributed by atoms with Crippen LogP contribution in [0.1, 0.15) is 44.2 Å². The summed E-state index contributed by atoms with van der Waals surface area (Å²) in [5, 5.41) is 0.799. The van der Waals surface area contributed by atoms with Crippen LogP contribution in [0.4, 0.5) is 0 Å². The second-order valence-electron chi connectivity index (χ2n) is 5.31. The molecule has 1 heterocycles. The third kappa shape index (κ3) is 3.47. The summed E-state index contributed by atoms with van der Waals surface area (Å²) in [6.45, 7) is 4.40. The fourth-order valence-electron chi connectivity index (χ4n) is 2.91. The third-order valence-electron chi connectivity index (χ3n) is 3.72. The SMILES string of the molecule is CC(N)C(c1cccc(Cl)c1)N1CCCCCC1. The first-order chi connectivity index (χ1) is 8.68. The van der Waals surface area contributed by atoms with Gasteiger partial charge in [-0.05, 0) is 50.6 Å². The van der Waals surface area contributed by atoms with Crippen LogP contribution >= 0.6 is 11.6 Å². The van der Waals surface area contributed by atoms with E-state index in [2.05, 4.69) is 24.0 Å². The number of halogens is 1. The molecule has 0 saturated carbocycles. The smallest absolute Gasteiger partial charge is 0.0496 e. The van der Waals surface area contributed by atoms with E-state index in [9.17, 15) is 0 Å². The highest BCUT2D eigenvalue weighted by Gasteiger charge is 2.24. The number of likely N-dealkylation sites (tertiary alicyclic amines) is 1. The predicted octanol–water partition coefficient (Wildman–Crippen LogP) is 3.60. The Hall–Kier alpha value is -0.570. The molecular formula is C15H23ClN2. The number of hydrogen-bond donors (Lipinski definition) is 1. The number of benzene rings is 1. The van der Waals surface area contributed by atoms with Crippen LogP contribution in [0.25, 0.3) is 0 Å². The molecule has 2 atom stereocenters. The van der Waals surface area contributed by atoms with E-state index in [4.69, 9.17) is 17.3 Å². The van der Waals surface area contributed by atoms with Crippen molar-refractivity contribution in [2.24, 2.45) is 5.73 Å². The number of nitrogens with two attached hydrogens (primary N) is 1. The topological polar surface area (TPSA) is 29.3 Å².